The monoisotopic (exact) mass is 283 g/mol. The molecule has 21 heavy (non-hydrogen) atoms. The van der Waals surface area contributed by atoms with E-state index >= 15 is 0 Å². The SMILES string of the molecule is O=[N+]([O-])c1ccccc1CC1CCc2ccccc2C1O. The van der Waals surface area contributed by atoms with Crippen molar-refractivity contribution in [3.05, 3.63) is 75.3 Å². The van der Waals surface area contributed by atoms with Gasteiger partial charge in [0.25, 0.3) is 5.69 Å². The summed E-state index contributed by atoms with van der Waals surface area (Å²) >= 11 is 0. The second-order valence-corrected chi connectivity index (χ2v) is 5.53. The van der Waals surface area contributed by atoms with Crippen LogP contribution in [0.2, 0.25) is 0 Å². The summed E-state index contributed by atoms with van der Waals surface area (Å²) in [7, 11) is 0. The summed E-state index contributed by atoms with van der Waals surface area (Å²) in [5.74, 6) is 0.0287. The van der Waals surface area contributed by atoms with Gasteiger partial charge in [0.05, 0.1) is 11.0 Å². The normalized spacial score (nSPS) is 20.8. The van der Waals surface area contributed by atoms with Crippen LogP contribution in [-0.4, -0.2) is 10.0 Å². The number of rotatable bonds is 3. The first-order valence-corrected chi connectivity index (χ1v) is 7.15. The highest BCUT2D eigenvalue weighted by atomic mass is 16.6. The van der Waals surface area contributed by atoms with Crippen molar-refractivity contribution in [3.8, 4) is 0 Å². The fourth-order valence-electron chi connectivity index (χ4n) is 3.16. The zero-order valence-corrected chi connectivity index (χ0v) is 11.6. The Morgan fingerprint density at radius 3 is 2.67 bits per heavy atom. The molecule has 2 aromatic carbocycles. The molecule has 0 bridgehead atoms. The molecule has 2 unspecified atom stereocenters. The van der Waals surface area contributed by atoms with E-state index in [4.69, 9.17) is 0 Å². The van der Waals surface area contributed by atoms with Gasteiger partial charge in [0.2, 0.25) is 0 Å². The number of para-hydroxylation sites is 1. The van der Waals surface area contributed by atoms with Gasteiger partial charge < -0.3 is 5.11 Å². The first kappa shape index (κ1) is 13.8. The number of nitro benzene ring substituents is 1. The first-order chi connectivity index (χ1) is 10.2. The van der Waals surface area contributed by atoms with Crippen molar-refractivity contribution in [2.75, 3.05) is 0 Å². The van der Waals surface area contributed by atoms with Gasteiger partial charge in [-0.1, -0.05) is 42.5 Å². The van der Waals surface area contributed by atoms with Gasteiger partial charge in [-0.05, 0) is 36.3 Å². The summed E-state index contributed by atoms with van der Waals surface area (Å²) in [5.41, 5.74) is 2.99. The maximum absolute atomic E-state index is 11.1. The van der Waals surface area contributed by atoms with E-state index < -0.39 is 6.10 Å². The van der Waals surface area contributed by atoms with E-state index in [1.807, 2.05) is 30.3 Å². The lowest BCUT2D eigenvalue weighted by atomic mass is 9.78. The predicted octanol–water partition coefficient (Wildman–Crippen LogP) is 3.43. The lowest BCUT2D eigenvalue weighted by molar-refractivity contribution is -0.385. The molecule has 2 atom stereocenters. The van der Waals surface area contributed by atoms with E-state index in [-0.39, 0.29) is 16.5 Å². The van der Waals surface area contributed by atoms with Crippen molar-refractivity contribution in [2.45, 2.75) is 25.4 Å². The molecule has 0 heterocycles. The topological polar surface area (TPSA) is 63.4 Å². The fourth-order valence-corrected chi connectivity index (χ4v) is 3.16. The molecule has 4 heteroatoms. The minimum Gasteiger partial charge on any atom is -0.388 e. The molecule has 0 fully saturated rings. The third kappa shape index (κ3) is 2.67. The number of benzene rings is 2. The van der Waals surface area contributed by atoms with E-state index in [2.05, 4.69) is 0 Å². The standard InChI is InChI=1S/C17H17NO3/c19-17-14(10-9-12-5-1-3-7-15(12)17)11-13-6-2-4-8-16(13)18(20)21/h1-8,14,17,19H,9-11H2. The highest BCUT2D eigenvalue weighted by Gasteiger charge is 2.29. The highest BCUT2D eigenvalue weighted by Crippen LogP contribution is 2.37. The molecule has 2 aromatic rings. The summed E-state index contributed by atoms with van der Waals surface area (Å²) in [6.45, 7) is 0. The molecule has 0 saturated carbocycles. The molecule has 1 N–H and O–H groups in total. The van der Waals surface area contributed by atoms with Gasteiger partial charge in [-0.15, -0.1) is 0 Å². The summed E-state index contributed by atoms with van der Waals surface area (Å²) in [6, 6.07) is 14.7. The number of fused-ring (bicyclic) bond motifs is 1. The van der Waals surface area contributed by atoms with E-state index in [9.17, 15) is 15.2 Å². The minimum absolute atomic E-state index is 0.0287. The van der Waals surface area contributed by atoms with Gasteiger partial charge in [-0.2, -0.15) is 0 Å². The molecular weight excluding hydrogens is 266 g/mol. The molecule has 0 aromatic heterocycles. The van der Waals surface area contributed by atoms with Crippen LogP contribution < -0.4 is 0 Å². The largest absolute Gasteiger partial charge is 0.388 e. The highest BCUT2D eigenvalue weighted by molar-refractivity contribution is 5.41. The van der Waals surface area contributed by atoms with Crippen LogP contribution >= 0.6 is 0 Å². The van der Waals surface area contributed by atoms with Gasteiger partial charge in [-0.25, -0.2) is 0 Å². The van der Waals surface area contributed by atoms with Crippen LogP contribution in [0.1, 0.15) is 29.2 Å². The number of nitrogens with zero attached hydrogens (tertiary/aromatic N) is 1. The van der Waals surface area contributed by atoms with E-state index in [0.717, 1.165) is 18.4 Å². The van der Waals surface area contributed by atoms with Crippen LogP contribution in [0.15, 0.2) is 48.5 Å². The molecule has 4 nitrogen and oxygen atoms in total. The Hall–Kier alpha value is -2.20. The molecule has 0 radical (unpaired) electrons. The van der Waals surface area contributed by atoms with Crippen molar-refractivity contribution < 1.29 is 10.0 Å². The van der Waals surface area contributed by atoms with Crippen molar-refractivity contribution in [1.29, 1.82) is 0 Å². The average Bonchev–Trinajstić information content (AvgIpc) is 2.51. The molecule has 1 aliphatic rings. The molecule has 1 aliphatic carbocycles. The smallest absolute Gasteiger partial charge is 0.272 e. The van der Waals surface area contributed by atoms with Crippen molar-refractivity contribution in [2.24, 2.45) is 5.92 Å². The van der Waals surface area contributed by atoms with Crippen LogP contribution in [-0.2, 0) is 12.8 Å². The summed E-state index contributed by atoms with van der Waals surface area (Å²) in [4.78, 5) is 10.7. The number of aliphatic hydroxyl groups excluding tert-OH is 1. The number of nitro groups is 1. The average molecular weight is 283 g/mol. The van der Waals surface area contributed by atoms with Crippen LogP contribution in [0.5, 0.6) is 0 Å². The van der Waals surface area contributed by atoms with Gasteiger partial charge in [0, 0.05) is 11.6 Å². The fraction of sp³-hybridized carbons (Fsp3) is 0.294. The molecule has 108 valence electrons. The molecule has 0 aliphatic heterocycles. The zero-order valence-electron chi connectivity index (χ0n) is 11.6. The number of aliphatic hydroxyl groups is 1. The molecule has 3 rings (SSSR count). The van der Waals surface area contributed by atoms with E-state index in [0.29, 0.717) is 12.0 Å². The van der Waals surface area contributed by atoms with Crippen molar-refractivity contribution in [3.63, 3.8) is 0 Å². The Kier molecular flexibility index (Phi) is 3.71. The Morgan fingerprint density at radius 1 is 1.14 bits per heavy atom. The predicted molar refractivity (Wildman–Crippen MR) is 80.0 cm³/mol. The lowest BCUT2D eigenvalue weighted by Gasteiger charge is -2.30. The third-order valence-electron chi connectivity index (χ3n) is 4.28. The van der Waals surface area contributed by atoms with Crippen LogP contribution in [0.4, 0.5) is 5.69 Å². The quantitative estimate of drug-likeness (QED) is 0.693. The van der Waals surface area contributed by atoms with E-state index in [1.54, 1.807) is 12.1 Å². The van der Waals surface area contributed by atoms with Gasteiger partial charge in [-0.3, -0.25) is 10.1 Å². The Labute approximate surface area is 123 Å². The van der Waals surface area contributed by atoms with Crippen LogP contribution in [0, 0.1) is 16.0 Å². The number of hydrogen-bond donors (Lipinski definition) is 1. The van der Waals surface area contributed by atoms with Crippen LogP contribution in [0.3, 0.4) is 0 Å². The minimum atomic E-state index is -0.547. The Morgan fingerprint density at radius 2 is 1.86 bits per heavy atom. The summed E-state index contributed by atoms with van der Waals surface area (Å²) in [6.07, 6.45) is 1.75. The molecular formula is C17H17NO3. The second-order valence-electron chi connectivity index (χ2n) is 5.53. The Balaban J connectivity index is 1.86. The van der Waals surface area contributed by atoms with Crippen molar-refractivity contribution >= 4 is 5.69 Å². The molecule has 0 saturated heterocycles. The second kappa shape index (κ2) is 5.66. The van der Waals surface area contributed by atoms with Crippen molar-refractivity contribution in [1.82, 2.24) is 0 Å². The maximum atomic E-state index is 11.1. The zero-order chi connectivity index (χ0) is 14.8. The maximum Gasteiger partial charge on any atom is 0.272 e. The van der Waals surface area contributed by atoms with Gasteiger partial charge in [0.15, 0.2) is 0 Å². The Bertz CT molecular complexity index is 669. The number of hydrogen-bond acceptors (Lipinski definition) is 3. The third-order valence-corrected chi connectivity index (χ3v) is 4.28. The first-order valence-electron chi connectivity index (χ1n) is 7.15. The van der Waals surface area contributed by atoms with Crippen LogP contribution in [0.25, 0.3) is 0 Å². The van der Waals surface area contributed by atoms with E-state index in [1.165, 1.54) is 11.6 Å². The molecule has 0 amide bonds. The van der Waals surface area contributed by atoms with Gasteiger partial charge >= 0.3 is 0 Å². The lowest BCUT2D eigenvalue weighted by Crippen LogP contribution is -2.22. The summed E-state index contributed by atoms with van der Waals surface area (Å²) < 4.78 is 0. The molecule has 0 spiro atoms. The van der Waals surface area contributed by atoms with Gasteiger partial charge in [0.1, 0.15) is 0 Å². The number of aryl methyl sites for hydroxylation is 1. The summed E-state index contributed by atoms with van der Waals surface area (Å²) in [5, 5.41) is 21.6.